The summed E-state index contributed by atoms with van der Waals surface area (Å²) in [6, 6.07) is 7.21. The number of rotatable bonds is 4. The Morgan fingerprint density at radius 2 is 1.93 bits per heavy atom. The molecule has 1 rings (SSSR count). The number of carboxylic acids is 1. The summed E-state index contributed by atoms with van der Waals surface area (Å²) in [6.07, 6.45) is 0.221. The van der Waals surface area contributed by atoms with Gasteiger partial charge in [0.1, 0.15) is 6.04 Å². The number of carboxylic acid groups (broad SMARTS) is 1. The molecular formula is C10H12N2O3. The van der Waals surface area contributed by atoms with E-state index < -0.39 is 18.0 Å². The van der Waals surface area contributed by atoms with Gasteiger partial charge in [0.2, 0.25) is 0 Å². The van der Waals surface area contributed by atoms with Crippen molar-refractivity contribution in [2.45, 2.75) is 12.5 Å². The van der Waals surface area contributed by atoms with E-state index in [2.05, 4.69) is 5.32 Å². The van der Waals surface area contributed by atoms with Crippen molar-refractivity contribution in [2.24, 2.45) is 5.73 Å². The van der Waals surface area contributed by atoms with Crippen LogP contribution in [0.2, 0.25) is 0 Å². The summed E-state index contributed by atoms with van der Waals surface area (Å²) in [7, 11) is 0. The first-order chi connectivity index (χ1) is 7.09. The Kier molecular flexibility index (Phi) is 3.68. The zero-order chi connectivity index (χ0) is 11.3. The molecule has 0 aliphatic carbocycles. The first-order valence-corrected chi connectivity index (χ1v) is 4.42. The molecule has 0 radical (unpaired) electrons. The molecule has 0 aliphatic heterocycles. The monoisotopic (exact) mass is 209 g/mol. The van der Waals surface area contributed by atoms with E-state index in [0.717, 1.165) is 5.56 Å². The molecule has 5 nitrogen and oxygen atoms in total. The van der Waals surface area contributed by atoms with Crippen LogP contribution in [0.15, 0.2) is 30.3 Å². The topological polar surface area (TPSA) is 92.4 Å². The molecular weight excluding hydrogens is 197 g/mol. The van der Waals surface area contributed by atoms with Gasteiger partial charge in [-0.3, -0.25) is 0 Å². The molecule has 5 heteroatoms. The zero-order valence-corrected chi connectivity index (χ0v) is 8.01. The Balaban J connectivity index is 2.67. The second-order valence-electron chi connectivity index (χ2n) is 3.09. The van der Waals surface area contributed by atoms with Crippen molar-refractivity contribution in [2.75, 3.05) is 0 Å². The lowest BCUT2D eigenvalue weighted by Crippen LogP contribution is -2.44. The van der Waals surface area contributed by atoms with Crippen LogP contribution < -0.4 is 11.1 Å². The van der Waals surface area contributed by atoms with Crippen LogP contribution in [0.25, 0.3) is 0 Å². The number of urea groups is 1. The maximum Gasteiger partial charge on any atom is 0.326 e. The number of carbonyl (C=O) groups excluding carboxylic acids is 1. The molecule has 0 aliphatic rings. The molecule has 1 aromatic carbocycles. The number of hydrogen-bond donors (Lipinski definition) is 3. The molecule has 4 N–H and O–H groups in total. The lowest BCUT2D eigenvalue weighted by molar-refractivity contribution is -0.139. The summed E-state index contributed by atoms with van der Waals surface area (Å²) in [5, 5.41) is 11.0. The molecule has 0 bridgehead atoms. The van der Waals surface area contributed by atoms with Crippen molar-refractivity contribution in [3.63, 3.8) is 0 Å². The van der Waals surface area contributed by atoms with Gasteiger partial charge in [0.15, 0.2) is 0 Å². The average Bonchev–Trinajstić information content (AvgIpc) is 2.17. The predicted octanol–water partition coefficient (Wildman–Crippen LogP) is 0.351. The quantitative estimate of drug-likeness (QED) is 0.625. The molecule has 15 heavy (non-hydrogen) atoms. The van der Waals surface area contributed by atoms with E-state index in [9.17, 15) is 9.59 Å². The maximum atomic E-state index is 10.8. The summed E-state index contributed by atoms with van der Waals surface area (Å²) in [4.78, 5) is 21.3. The van der Waals surface area contributed by atoms with Gasteiger partial charge in [0, 0.05) is 6.42 Å². The Morgan fingerprint density at radius 3 is 2.40 bits per heavy atom. The third-order valence-electron chi connectivity index (χ3n) is 1.90. The highest BCUT2D eigenvalue weighted by molar-refractivity contribution is 5.81. The Bertz CT molecular complexity index is 351. The van der Waals surface area contributed by atoms with Crippen LogP contribution in [0.3, 0.4) is 0 Å². The second kappa shape index (κ2) is 4.99. The number of benzene rings is 1. The minimum Gasteiger partial charge on any atom is -0.480 e. The van der Waals surface area contributed by atoms with E-state index in [1.165, 1.54) is 0 Å². The van der Waals surface area contributed by atoms with Crippen molar-refractivity contribution in [3.8, 4) is 0 Å². The van der Waals surface area contributed by atoms with E-state index in [4.69, 9.17) is 10.8 Å². The number of hydrogen-bond acceptors (Lipinski definition) is 2. The van der Waals surface area contributed by atoms with Gasteiger partial charge in [-0.15, -0.1) is 0 Å². The molecule has 1 atom stereocenters. The van der Waals surface area contributed by atoms with Crippen molar-refractivity contribution in [3.05, 3.63) is 35.9 Å². The Labute approximate surface area is 86.9 Å². The number of aliphatic carboxylic acids is 1. The van der Waals surface area contributed by atoms with Gasteiger partial charge in [-0.2, -0.15) is 0 Å². The van der Waals surface area contributed by atoms with Crippen LogP contribution >= 0.6 is 0 Å². The molecule has 0 saturated carbocycles. The molecule has 1 aromatic rings. The third kappa shape index (κ3) is 3.68. The first-order valence-electron chi connectivity index (χ1n) is 4.42. The van der Waals surface area contributed by atoms with E-state index >= 15 is 0 Å². The highest BCUT2D eigenvalue weighted by Crippen LogP contribution is 2.03. The number of nitrogens with two attached hydrogens (primary N) is 1. The Hall–Kier alpha value is -2.04. The van der Waals surface area contributed by atoms with E-state index in [1.54, 1.807) is 24.3 Å². The highest BCUT2D eigenvalue weighted by atomic mass is 16.4. The second-order valence-corrected chi connectivity index (χ2v) is 3.09. The number of carbonyl (C=O) groups is 2. The van der Waals surface area contributed by atoms with Crippen molar-refractivity contribution < 1.29 is 14.7 Å². The van der Waals surface area contributed by atoms with Crippen LogP contribution in [-0.4, -0.2) is 23.1 Å². The van der Waals surface area contributed by atoms with E-state index in [1.807, 2.05) is 6.07 Å². The maximum absolute atomic E-state index is 10.8. The lowest BCUT2D eigenvalue weighted by Gasteiger charge is -2.12. The van der Waals surface area contributed by atoms with Gasteiger partial charge in [0.25, 0.3) is 0 Å². The fourth-order valence-electron chi connectivity index (χ4n) is 1.22. The third-order valence-corrected chi connectivity index (χ3v) is 1.90. The normalized spacial score (nSPS) is 11.7. The van der Waals surface area contributed by atoms with Crippen LogP contribution in [0, 0.1) is 0 Å². The van der Waals surface area contributed by atoms with Crippen LogP contribution in [0.4, 0.5) is 4.79 Å². The molecule has 0 unspecified atom stereocenters. The smallest absolute Gasteiger partial charge is 0.326 e. The summed E-state index contributed by atoms with van der Waals surface area (Å²) in [5.41, 5.74) is 5.70. The van der Waals surface area contributed by atoms with Gasteiger partial charge in [-0.1, -0.05) is 30.3 Å². The predicted molar refractivity (Wildman–Crippen MR) is 54.3 cm³/mol. The van der Waals surface area contributed by atoms with Gasteiger partial charge in [-0.05, 0) is 5.56 Å². The number of primary amides is 1. The average molecular weight is 209 g/mol. The number of nitrogens with one attached hydrogen (secondary N) is 1. The first kappa shape index (κ1) is 11.0. The standard InChI is InChI=1S/C10H12N2O3/c11-10(15)12-8(9(13)14)6-7-4-2-1-3-5-7/h1-5,8H,6H2,(H,13,14)(H3,11,12,15)/t8-/m1/s1/i10+1. The van der Waals surface area contributed by atoms with Crippen LogP contribution in [0.5, 0.6) is 0 Å². The number of amides is 2. The SMILES string of the molecule is N[13C](=O)N[C@H](Cc1ccccc1)C(=O)O. The van der Waals surface area contributed by atoms with Gasteiger partial charge in [0.05, 0.1) is 0 Å². The summed E-state index contributed by atoms with van der Waals surface area (Å²) >= 11 is 0. The van der Waals surface area contributed by atoms with Crippen molar-refractivity contribution >= 4 is 12.0 Å². The summed E-state index contributed by atoms with van der Waals surface area (Å²) < 4.78 is 0. The molecule has 0 saturated heterocycles. The minimum absolute atomic E-state index is 0.221. The van der Waals surface area contributed by atoms with Gasteiger partial charge < -0.3 is 16.2 Å². The van der Waals surface area contributed by atoms with Crippen LogP contribution in [0.1, 0.15) is 5.56 Å². The minimum atomic E-state index is -1.10. The largest absolute Gasteiger partial charge is 0.480 e. The van der Waals surface area contributed by atoms with Gasteiger partial charge >= 0.3 is 12.0 Å². The summed E-state index contributed by atoms with van der Waals surface area (Å²) in [5.74, 6) is -1.10. The fraction of sp³-hybridized carbons (Fsp3) is 0.200. The molecule has 0 heterocycles. The van der Waals surface area contributed by atoms with Crippen molar-refractivity contribution in [1.29, 1.82) is 0 Å². The lowest BCUT2D eigenvalue weighted by atomic mass is 10.1. The molecule has 80 valence electrons. The highest BCUT2D eigenvalue weighted by Gasteiger charge is 2.18. The fourth-order valence-corrected chi connectivity index (χ4v) is 1.22. The van der Waals surface area contributed by atoms with E-state index in [-0.39, 0.29) is 6.42 Å². The zero-order valence-electron chi connectivity index (χ0n) is 8.01. The van der Waals surface area contributed by atoms with E-state index in [0.29, 0.717) is 0 Å². The molecule has 2 amide bonds. The van der Waals surface area contributed by atoms with Crippen LogP contribution in [-0.2, 0) is 11.2 Å². The molecule has 0 aromatic heterocycles. The van der Waals surface area contributed by atoms with Gasteiger partial charge in [-0.25, -0.2) is 9.59 Å². The summed E-state index contributed by atoms with van der Waals surface area (Å²) in [6.45, 7) is 0. The molecule has 0 fully saturated rings. The van der Waals surface area contributed by atoms with Crippen molar-refractivity contribution in [1.82, 2.24) is 5.32 Å². The Morgan fingerprint density at radius 1 is 1.33 bits per heavy atom. The molecule has 0 spiro atoms.